The van der Waals surface area contributed by atoms with E-state index in [1.807, 2.05) is 42.5 Å². The van der Waals surface area contributed by atoms with Crippen LogP contribution in [0.2, 0.25) is 0 Å². The van der Waals surface area contributed by atoms with E-state index in [0.717, 1.165) is 83.5 Å². The molecule has 1 aliphatic rings. The fraction of sp³-hybridized carbons (Fsp3) is 0.273. The Morgan fingerprint density at radius 2 is 1.62 bits per heavy atom. The van der Waals surface area contributed by atoms with E-state index in [-0.39, 0.29) is 0 Å². The Hall–Kier alpha value is -4.76. The molecule has 9 heteroatoms. The Labute approximate surface area is 244 Å². The van der Waals surface area contributed by atoms with Gasteiger partial charge in [-0.05, 0) is 69.5 Å². The first-order chi connectivity index (χ1) is 20.5. The molecule has 0 unspecified atom stereocenters. The Morgan fingerprint density at radius 3 is 2.38 bits per heavy atom. The number of piperidine rings is 1. The number of nitrogens with one attached hydrogen (secondary N) is 1. The van der Waals surface area contributed by atoms with Crippen molar-refractivity contribution in [1.29, 1.82) is 0 Å². The van der Waals surface area contributed by atoms with Gasteiger partial charge in [0.25, 0.3) is 0 Å². The lowest BCUT2D eigenvalue weighted by Crippen LogP contribution is -2.32. The maximum absolute atomic E-state index is 4.99. The third-order valence-electron chi connectivity index (χ3n) is 8.38. The van der Waals surface area contributed by atoms with Crippen LogP contribution in [0.1, 0.15) is 47.2 Å². The summed E-state index contributed by atoms with van der Waals surface area (Å²) >= 11 is 0. The lowest BCUT2D eigenvalue weighted by atomic mass is 9.95. The average molecular weight is 556 g/mol. The largest absolute Gasteiger partial charge is 0.299 e. The first kappa shape index (κ1) is 26.2. The van der Waals surface area contributed by atoms with Crippen molar-refractivity contribution < 1.29 is 0 Å². The second-order valence-corrected chi connectivity index (χ2v) is 11.2. The van der Waals surface area contributed by atoms with Crippen LogP contribution in [-0.2, 0) is 6.54 Å². The molecule has 9 nitrogen and oxygen atoms in total. The van der Waals surface area contributed by atoms with Crippen LogP contribution in [0.5, 0.6) is 0 Å². The minimum absolute atomic E-state index is 0.384. The van der Waals surface area contributed by atoms with Crippen molar-refractivity contribution in [1.82, 2.24) is 44.6 Å². The van der Waals surface area contributed by atoms with Crippen molar-refractivity contribution in [2.24, 2.45) is 0 Å². The molecule has 0 spiro atoms. The number of pyridine rings is 1. The van der Waals surface area contributed by atoms with Crippen LogP contribution in [0.3, 0.4) is 0 Å². The summed E-state index contributed by atoms with van der Waals surface area (Å²) in [6.07, 6.45) is 3.83. The molecule has 0 bridgehead atoms. The molecule has 0 saturated carbocycles. The van der Waals surface area contributed by atoms with Gasteiger partial charge in [-0.25, -0.2) is 15.0 Å². The molecule has 0 amide bonds. The smallest absolute Gasteiger partial charge is 0.199 e. The second kappa shape index (κ2) is 10.9. The minimum atomic E-state index is 0.384. The molecular weight excluding hydrogens is 522 g/mol. The molecule has 6 aromatic rings. The van der Waals surface area contributed by atoms with Crippen LogP contribution in [0, 0.1) is 20.8 Å². The van der Waals surface area contributed by atoms with Gasteiger partial charge in [0.1, 0.15) is 23.7 Å². The van der Waals surface area contributed by atoms with Crippen LogP contribution < -0.4 is 0 Å². The number of benzene rings is 2. The molecule has 1 saturated heterocycles. The number of rotatable bonds is 6. The van der Waals surface area contributed by atoms with E-state index < -0.39 is 0 Å². The standard InChI is InChI=1S/C33H33N9/c1-21-9-14-28(35-22(21)2)32-37-31(38-39-32)27-15-17-41(18-16-27)19-24-10-12-26(13-11-24)30-29(25-7-5-4-6-8-25)33-40-34-20-42(33)23(3)36-30/h4-14,20,27H,15-19H2,1-3H3,(H,37,38,39). The molecule has 4 aromatic heterocycles. The van der Waals surface area contributed by atoms with Gasteiger partial charge in [0.05, 0.1) is 11.3 Å². The first-order valence-corrected chi connectivity index (χ1v) is 14.5. The predicted octanol–water partition coefficient (Wildman–Crippen LogP) is 5.94. The Kier molecular flexibility index (Phi) is 6.79. The van der Waals surface area contributed by atoms with Gasteiger partial charge >= 0.3 is 0 Å². The highest BCUT2D eigenvalue weighted by Gasteiger charge is 2.24. The van der Waals surface area contributed by atoms with Crippen LogP contribution in [0.15, 0.2) is 73.1 Å². The third-order valence-corrected chi connectivity index (χ3v) is 8.38. The molecule has 5 heterocycles. The highest BCUT2D eigenvalue weighted by Crippen LogP contribution is 2.34. The fourth-order valence-electron chi connectivity index (χ4n) is 5.82. The highest BCUT2D eigenvalue weighted by atomic mass is 15.2. The zero-order chi connectivity index (χ0) is 28.6. The lowest BCUT2D eigenvalue weighted by Gasteiger charge is -2.31. The van der Waals surface area contributed by atoms with E-state index in [1.165, 1.54) is 11.1 Å². The van der Waals surface area contributed by atoms with Crippen molar-refractivity contribution in [2.45, 2.75) is 46.1 Å². The Bertz CT molecular complexity index is 1850. The zero-order valence-electron chi connectivity index (χ0n) is 24.1. The van der Waals surface area contributed by atoms with Crippen LogP contribution in [0.25, 0.3) is 39.5 Å². The van der Waals surface area contributed by atoms with Gasteiger partial charge in [-0.2, -0.15) is 5.10 Å². The first-order valence-electron chi connectivity index (χ1n) is 14.5. The molecule has 1 aliphatic heterocycles. The summed E-state index contributed by atoms with van der Waals surface area (Å²) in [5, 5.41) is 16.3. The normalized spacial score (nSPS) is 14.5. The van der Waals surface area contributed by atoms with Gasteiger partial charge in [0.2, 0.25) is 0 Å². The molecule has 210 valence electrons. The number of likely N-dealkylation sites (tertiary alicyclic amines) is 1. The maximum Gasteiger partial charge on any atom is 0.199 e. The summed E-state index contributed by atoms with van der Waals surface area (Å²) in [6.45, 7) is 9.04. The summed E-state index contributed by atoms with van der Waals surface area (Å²) in [5.41, 5.74) is 9.20. The van der Waals surface area contributed by atoms with E-state index in [1.54, 1.807) is 6.33 Å². The van der Waals surface area contributed by atoms with Gasteiger partial charge in [-0.1, -0.05) is 60.7 Å². The molecule has 0 atom stereocenters. The van der Waals surface area contributed by atoms with Gasteiger partial charge in [-0.3, -0.25) is 14.4 Å². The van der Waals surface area contributed by atoms with Gasteiger partial charge in [-0.15, -0.1) is 10.2 Å². The summed E-state index contributed by atoms with van der Waals surface area (Å²) in [5.74, 6) is 2.89. The van der Waals surface area contributed by atoms with E-state index in [9.17, 15) is 0 Å². The van der Waals surface area contributed by atoms with Gasteiger partial charge in [0.15, 0.2) is 11.5 Å². The van der Waals surface area contributed by atoms with Crippen LogP contribution >= 0.6 is 0 Å². The molecule has 0 radical (unpaired) electrons. The number of hydrogen-bond donors (Lipinski definition) is 1. The molecule has 0 aliphatic carbocycles. The van der Waals surface area contributed by atoms with Crippen molar-refractivity contribution in [2.75, 3.05) is 13.1 Å². The van der Waals surface area contributed by atoms with Crippen molar-refractivity contribution in [3.63, 3.8) is 0 Å². The number of nitrogens with zero attached hydrogens (tertiary/aromatic N) is 8. The molecule has 1 fully saturated rings. The van der Waals surface area contributed by atoms with Crippen molar-refractivity contribution in [3.05, 3.63) is 102 Å². The third kappa shape index (κ3) is 4.96. The van der Waals surface area contributed by atoms with Crippen molar-refractivity contribution >= 4 is 5.65 Å². The quantitative estimate of drug-likeness (QED) is 0.271. The summed E-state index contributed by atoms with van der Waals surface area (Å²) in [4.78, 5) is 17.0. The number of aryl methyl sites for hydroxylation is 3. The Balaban J connectivity index is 1.04. The zero-order valence-corrected chi connectivity index (χ0v) is 24.1. The second-order valence-electron chi connectivity index (χ2n) is 11.2. The minimum Gasteiger partial charge on any atom is -0.299 e. The Morgan fingerprint density at radius 1 is 0.833 bits per heavy atom. The van der Waals surface area contributed by atoms with Crippen molar-refractivity contribution in [3.8, 4) is 33.9 Å². The van der Waals surface area contributed by atoms with E-state index >= 15 is 0 Å². The molecule has 7 rings (SSSR count). The fourth-order valence-corrected chi connectivity index (χ4v) is 5.82. The summed E-state index contributed by atoms with van der Waals surface area (Å²) in [6, 6.07) is 23.2. The van der Waals surface area contributed by atoms with Crippen LogP contribution in [0.4, 0.5) is 0 Å². The highest BCUT2D eigenvalue weighted by molar-refractivity contribution is 5.89. The SMILES string of the molecule is Cc1ccc(-c2n[nH]c(C3CCN(Cc4ccc(-c5nc(C)n6cnnc6c5-c5ccccc5)cc4)CC3)n2)nc1C. The van der Waals surface area contributed by atoms with Crippen LogP contribution in [-0.4, -0.2) is 57.7 Å². The molecule has 1 N–H and O–H groups in total. The van der Waals surface area contributed by atoms with Gasteiger partial charge < -0.3 is 0 Å². The predicted molar refractivity (Wildman–Crippen MR) is 163 cm³/mol. The maximum atomic E-state index is 4.99. The van der Waals surface area contributed by atoms with E-state index in [2.05, 4.69) is 79.7 Å². The van der Waals surface area contributed by atoms with E-state index in [4.69, 9.17) is 9.97 Å². The molecule has 42 heavy (non-hydrogen) atoms. The molecule has 2 aromatic carbocycles. The molecular formula is C33H33N9. The number of aromatic nitrogens is 8. The lowest BCUT2D eigenvalue weighted by molar-refractivity contribution is 0.202. The average Bonchev–Trinajstić information content (AvgIpc) is 3.71. The number of H-pyrrole nitrogens is 1. The number of fused-ring (bicyclic) bond motifs is 1. The monoisotopic (exact) mass is 555 g/mol. The van der Waals surface area contributed by atoms with E-state index in [0.29, 0.717) is 11.7 Å². The number of aromatic amines is 1. The number of hydrogen-bond acceptors (Lipinski definition) is 7. The van der Waals surface area contributed by atoms with Gasteiger partial charge in [0, 0.05) is 23.7 Å². The summed E-state index contributed by atoms with van der Waals surface area (Å²) in [7, 11) is 0. The summed E-state index contributed by atoms with van der Waals surface area (Å²) < 4.78 is 1.95. The topological polar surface area (TPSA) is 101 Å².